The monoisotopic (exact) mass is 408 g/mol. The van der Waals surface area contributed by atoms with Gasteiger partial charge in [-0.05, 0) is 32.8 Å². The fraction of sp³-hybridized carbons (Fsp3) is 0.632. The smallest absolute Gasteiger partial charge is 0.254 e. The number of morpholine rings is 1. The molecular formula is C19H26F2N6O2. The summed E-state index contributed by atoms with van der Waals surface area (Å²) < 4.78 is 34.1. The molecular weight excluding hydrogens is 382 g/mol. The van der Waals surface area contributed by atoms with Crippen LogP contribution in [0.1, 0.15) is 37.1 Å². The van der Waals surface area contributed by atoms with Crippen molar-refractivity contribution in [2.45, 2.75) is 51.5 Å². The lowest BCUT2D eigenvalue weighted by Crippen LogP contribution is -2.40. The van der Waals surface area contributed by atoms with Gasteiger partial charge in [0.1, 0.15) is 5.82 Å². The van der Waals surface area contributed by atoms with Crippen LogP contribution >= 0.6 is 0 Å². The highest BCUT2D eigenvalue weighted by atomic mass is 19.3. The molecule has 0 unspecified atom stereocenters. The molecule has 1 aliphatic heterocycles. The summed E-state index contributed by atoms with van der Waals surface area (Å²) in [7, 11) is 0. The van der Waals surface area contributed by atoms with E-state index in [-0.39, 0.29) is 25.7 Å². The highest BCUT2D eigenvalue weighted by Crippen LogP contribution is 2.36. The molecule has 10 heteroatoms. The molecule has 2 aliphatic rings. The molecule has 1 saturated heterocycles. The molecule has 0 spiro atoms. The van der Waals surface area contributed by atoms with Crippen molar-refractivity contribution >= 4 is 11.6 Å². The molecule has 0 atom stereocenters. The van der Waals surface area contributed by atoms with Crippen LogP contribution in [-0.2, 0) is 4.74 Å². The Morgan fingerprint density at radius 3 is 2.45 bits per heavy atom. The molecule has 0 radical (unpaired) electrons. The van der Waals surface area contributed by atoms with Crippen molar-refractivity contribution in [1.82, 2.24) is 19.7 Å². The minimum absolute atomic E-state index is 0.204. The van der Waals surface area contributed by atoms with Crippen LogP contribution in [-0.4, -0.2) is 63.2 Å². The van der Waals surface area contributed by atoms with Gasteiger partial charge in [-0.1, -0.05) is 0 Å². The number of halogens is 2. The number of hydroxylamine groups is 1. The highest BCUT2D eigenvalue weighted by molar-refractivity contribution is 5.52. The zero-order chi connectivity index (χ0) is 20.6. The Kier molecular flexibility index (Phi) is 5.39. The van der Waals surface area contributed by atoms with Crippen molar-refractivity contribution < 1.29 is 18.7 Å². The number of hydrogen-bond acceptors (Lipinski definition) is 7. The summed E-state index contributed by atoms with van der Waals surface area (Å²) in [4.78, 5) is 11.2. The molecule has 3 heterocycles. The van der Waals surface area contributed by atoms with Gasteiger partial charge in [-0.25, -0.2) is 18.5 Å². The molecule has 1 saturated carbocycles. The molecule has 8 nitrogen and oxygen atoms in total. The standard InChI is InChI=1S/C19H26F2N6O2/c1-13-11-14(2)26(24-13)18-22-16(25-7-9-29-10-8-25)12-17(23-18)27(28)15-3-5-19(20,21)6-4-15/h11-12,15,28H,3-10H2,1-2H3. The Balaban J connectivity index is 1.68. The van der Waals surface area contributed by atoms with Crippen molar-refractivity contribution in [2.75, 3.05) is 36.3 Å². The summed E-state index contributed by atoms with van der Waals surface area (Å²) in [5.74, 6) is -1.37. The van der Waals surface area contributed by atoms with E-state index in [0.717, 1.165) is 16.5 Å². The Hall–Kier alpha value is -2.33. The van der Waals surface area contributed by atoms with Crippen LogP contribution < -0.4 is 9.96 Å². The number of aromatic nitrogens is 4. The third-order valence-corrected chi connectivity index (χ3v) is 5.49. The predicted molar refractivity (Wildman–Crippen MR) is 103 cm³/mol. The predicted octanol–water partition coefficient (Wildman–Crippen LogP) is 2.89. The number of rotatable bonds is 4. The Morgan fingerprint density at radius 2 is 1.83 bits per heavy atom. The van der Waals surface area contributed by atoms with Gasteiger partial charge in [0.25, 0.3) is 5.95 Å². The first-order valence-corrected chi connectivity index (χ1v) is 9.94. The average Bonchev–Trinajstić information content (AvgIpc) is 3.06. The van der Waals surface area contributed by atoms with Crippen molar-refractivity contribution in [3.63, 3.8) is 0 Å². The quantitative estimate of drug-likeness (QED) is 0.780. The number of hydrogen-bond donors (Lipinski definition) is 1. The SMILES string of the molecule is Cc1cc(C)n(-c2nc(N3CCOCC3)cc(N(O)C3CCC(F)(F)CC3)n2)n1. The zero-order valence-corrected chi connectivity index (χ0v) is 16.7. The Labute approximate surface area is 168 Å². The normalized spacial score (nSPS) is 20.1. The maximum atomic E-state index is 13.5. The van der Waals surface area contributed by atoms with Gasteiger partial charge in [0, 0.05) is 37.7 Å². The Morgan fingerprint density at radius 1 is 1.14 bits per heavy atom. The number of nitrogens with zero attached hydrogens (tertiary/aromatic N) is 6. The molecule has 0 aromatic carbocycles. The Bertz CT molecular complexity index is 858. The number of ether oxygens (including phenoxy) is 1. The third-order valence-electron chi connectivity index (χ3n) is 5.49. The lowest BCUT2D eigenvalue weighted by Gasteiger charge is -2.34. The lowest BCUT2D eigenvalue weighted by molar-refractivity contribution is -0.0439. The zero-order valence-electron chi connectivity index (χ0n) is 16.7. The van der Waals surface area contributed by atoms with Gasteiger partial charge in [0.15, 0.2) is 5.82 Å². The van der Waals surface area contributed by atoms with Crippen molar-refractivity contribution in [2.24, 2.45) is 0 Å². The lowest BCUT2D eigenvalue weighted by atomic mass is 9.92. The summed E-state index contributed by atoms with van der Waals surface area (Å²) in [6, 6.07) is 3.22. The highest BCUT2D eigenvalue weighted by Gasteiger charge is 2.37. The summed E-state index contributed by atoms with van der Waals surface area (Å²) in [5.41, 5.74) is 1.70. The van der Waals surface area contributed by atoms with Gasteiger partial charge in [-0.2, -0.15) is 15.1 Å². The van der Waals surface area contributed by atoms with E-state index in [1.807, 2.05) is 19.9 Å². The van der Waals surface area contributed by atoms with Gasteiger partial charge in [-0.3, -0.25) is 5.21 Å². The van der Waals surface area contributed by atoms with Crippen LogP contribution in [0.4, 0.5) is 20.4 Å². The summed E-state index contributed by atoms with van der Waals surface area (Å²) in [6.07, 6.45) is -0.0633. The second-order valence-corrected chi connectivity index (χ2v) is 7.75. The maximum absolute atomic E-state index is 13.5. The third kappa shape index (κ3) is 4.32. The maximum Gasteiger partial charge on any atom is 0.254 e. The average molecular weight is 408 g/mol. The molecule has 4 rings (SSSR count). The van der Waals surface area contributed by atoms with Crippen LogP contribution in [0.3, 0.4) is 0 Å². The number of anilines is 2. The first-order chi connectivity index (χ1) is 13.8. The molecule has 0 amide bonds. The van der Waals surface area contributed by atoms with Crippen LogP contribution in [0.5, 0.6) is 0 Å². The van der Waals surface area contributed by atoms with Crippen LogP contribution in [0.15, 0.2) is 12.1 Å². The van der Waals surface area contributed by atoms with E-state index in [4.69, 9.17) is 4.74 Å². The second kappa shape index (κ2) is 7.83. The minimum Gasteiger partial charge on any atom is -0.378 e. The molecule has 2 aromatic rings. The van der Waals surface area contributed by atoms with Gasteiger partial charge in [0.05, 0.1) is 24.9 Å². The summed E-state index contributed by atoms with van der Waals surface area (Å²) >= 11 is 0. The van der Waals surface area contributed by atoms with E-state index in [9.17, 15) is 14.0 Å². The molecule has 2 aromatic heterocycles. The van der Waals surface area contributed by atoms with Crippen LogP contribution in [0.25, 0.3) is 5.95 Å². The second-order valence-electron chi connectivity index (χ2n) is 7.75. The molecule has 1 N–H and O–H groups in total. The van der Waals surface area contributed by atoms with E-state index in [0.29, 0.717) is 43.9 Å². The van der Waals surface area contributed by atoms with Crippen molar-refractivity contribution in [1.29, 1.82) is 0 Å². The first-order valence-electron chi connectivity index (χ1n) is 9.94. The van der Waals surface area contributed by atoms with Crippen molar-refractivity contribution in [3.8, 4) is 5.95 Å². The number of alkyl halides is 2. The first kappa shape index (κ1) is 20.0. The molecule has 29 heavy (non-hydrogen) atoms. The molecule has 158 valence electrons. The molecule has 0 bridgehead atoms. The van der Waals surface area contributed by atoms with Gasteiger partial charge in [0.2, 0.25) is 5.92 Å². The van der Waals surface area contributed by atoms with Crippen LogP contribution in [0, 0.1) is 13.8 Å². The summed E-state index contributed by atoms with van der Waals surface area (Å²) in [6.45, 7) is 6.33. The van der Waals surface area contributed by atoms with Gasteiger partial charge in [-0.15, -0.1) is 0 Å². The van der Waals surface area contributed by atoms with Crippen molar-refractivity contribution in [3.05, 3.63) is 23.5 Å². The van der Waals surface area contributed by atoms with E-state index in [2.05, 4.69) is 20.0 Å². The van der Waals surface area contributed by atoms with E-state index in [1.54, 1.807) is 10.7 Å². The fourth-order valence-electron chi connectivity index (χ4n) is 3.86. The largest absolute Gasteiger partial charge is 0.378 e. The fourth-order valence-corrected chi connectivity index (χ4v) is 3.86. The minimum atomic E-state index is -2.66. The van der Waals surface area contributed by atoms with E-state index < -0.39 is 12.0 Å². The molecule has 2 fully saturated rings. The van der Waals surface area contributed by atoms with Gasteiger partial charge >= 0.3 is 0 Å². The molecule has 1 aliphatic carbocycles. The van der Waals surface area contributed by atoms with Gasteiger partial charge < -0.3 is 9.64 Å². The number of aryl methyl sites for hydroxylation is 2. The van der Waals surface area contributed by atoms with Crippen LogP contribution in [0.2, 0.25) is 0 Å². The topological polar surface area (TPSA) is 79.5 Å². The van der Waals surface area contributed by atoms with E-state index >= 15 is 0 Å². The van der Waals surface area contributed by atoms with E-state index in [1.165, 1.54) is 0 Å². The summed E-state index contributed by atoms with van der Waals surface area (Å²) in [5, 5.41) is 16.3.